The highest BCUT2D eigenvalue weighted by molar-refractivity contribution is 6.03. The maximum atomic E-state index is 13.1. The summed E-state index contributed by atoms with van der Waals surface area (Å²) in [5.74, 6) is -0.840. The van der Waals surface area contributed by atoms with Crippen LogP contribution in [-0.4, -0.2) is 20.9 Å². The predicted molar refractivity (Wildman–Crippen MR) is 80.4 cm³/mol. The Morgan fingerprint density at radius 3 is 2.64 bits per heavy atom. The molecule has 0 saturated carbocycles. The van der Waals surface area contributed by atoms with Gasteiger partial charge in [-0.2, -0.15) is 0 Å². The van der Waals surface area contributed by atoms with Gasteiger partial charge in [-0.1, -0.05) is 29.5 Å². The van der Waals surface area contributed by atoms with Crippen LogP contribution in [0.25, 0.3) is 5.69 Å². The smallest absolute Gasteiger partial charge is 0.278 e. The number of amides is 1. The summed E-state index contributed by atoms with van der Waals surface area (Å²) >= 11 is 0. The molecule has 3 aromatic rings. The first-order valence-corrected chi connectivity index (χ1v) is 6.70. The van der Waals surface area contributed by atoms with Gasteiger partial charge in [0.05, 0.1) is 11.4 Å². The number of nitrogens with one attached hydrogen (secondary N) is 1. The van der Waals surface area contributed by atoms with Crippen LogP contribution >= 0.6 is 0 Å². The quantitative estimate of drug-likeness (QED) is 0.808. The van der Waals surface area contributed by atoms with Crippen molar-refractivity contribution >= 4 is 11.6 Å². The molecular weight excluding hydrogens is 283 g/mol. The molecule has 3 rings (SSSR count). The molecule has 1 aromatic heterocycles. The lowest BCUT2D eigenvalue weighted by Crippen LogP contribution is -2.14. The fourth-order valence-electron chi connectivity index (χ4n) is 2.11. The van der Waals surface area contributed by atoms with Crippen molar-refractivity contribution in [3.05, 3.63) is 71.8 Å². The minimum absolute atomic E-state index is 0.202. The molecule has 0 fully saturated rings. The molecule has 0 saturated heterocycles. The first-order chi connectivity index (χ1) is 10.6. The molecule has 0 unspecified atom stereocenters. The van der Waals surface area contributed by atoms with Crippen molar-refractivity contribution in [3.63, 3.8) is 0 Å². The molecule has 5 nitrogen and oxygen atoms in total. The normalized spacial score (nSPS) is 10.5. The first kappa shape index (κ1) is 13.9. The van der Waals surface area contributed by atoms with Crippen molar-refractivity contribution in [1.29, 1.82) is 0 Å². The number of para-hydroxylation sites is 1. The molecule has 0 aliphatic rings. The minimum Gasteiger partial charge on any atom is -0.320 e. The lowest BCUT2D eigenvalue weighted by Gasteiger charge is -2.05. The van der Waals surface area contributed by atoms with E-state index in [4.69, 9.17) is 0 Å². The van der Waals surface area contributed by atoms with Crippen LogP contribution in [0.4, 0.5) is 10.1 Å². The van der Waals surface area contributed by atoms with E-state index in [1.54, 1.807) is 17.7 Å². The fraction of sp³-hybridized carbons (Fsp3) is 0.0625. The van der Waals surface area contributed by atoms with E-state index in [1.807, 2.05) is 30.3 Å². The summed E-state index contributed by atoms with van der Waals surface area (Å²) in [6.45, 7) is 1.76. The zero-order chi connectivity index (χ0) is 15.5. The van der Waals surface area contributed by atoms with Crippen LogP contribution in [0.1, 0.15) is 16.2 Å². The SMILES string of the molecule is Cc1c(C(=O)Nc2cccc(F)c2)nnn1-c1ccccc1. The summed E-state index contributed by atoms with van der Waals surface area (Å²) in [6.07, 6.45) is 0. The van der Waals surface area contributed by atoms with Crippen LogP contribution in [0.2, 0.25) is 0 Å². The molecule has 22 heavy (non-hydrogen) atoms. The third-order valence-corrected chi connectivity index (χ3v) is 3.19. The number of halogens is 1. The van der Waals surface area contributed by atoms with E-state index in [2.05, 4.69) is 15.6 Å². The van der Waals surface area contributed by atoms with Crippen molar-refractivity contribution in [3.8, 4) is 5.69 Å². The number of anilines is 1. The predicted octanol–water partition coefficient (Wildman–Crippen LogP) is 2.97. The van der Waals surface area contributed by atoms with Crippen LogP contribution in [0, 0.1) is 12.7 Å². The fourth-order valence-corrected chi connectivity index (χ4v) is 2.11. The van der Waals surface area contributed by atoms with Crippen LogP contribution in [0.5, 0.6) is 0 Å². The minimum atomic E-state index is -0.426. The van der Waals surface area contributed by atoms with Gasteiger partial charge in [-0.3, -0.25) is 4.79 Å². The van der Waals surface area contributed by atoms with Gasteiger partial charge in [0, 0.05) is 5.69 Å². The number of carbonyl (C=O) groups is 1. The van der Waals surface area contributed by atoms with Crippen molar-refractivity contribution in [2.45, 2.75) is 6.92 Å². The maximum absolute atomic E-state index is 13.1. The van der Waals surface area contributed by atoms with E-state index >= 15 is 0 Å². The first-order valence-electron chi connectivity index (χ1n) is 6.70. The van der Waals surface area contributed by atoms with E-state index in [9.17, 15) is 9.18 Å². The number of rotatable bonds is 3. The average molecular weight is 296 g/mol. The third kappa shape index (κ3) is 2.71. The van der Waals surface area contributed by atoms with Gasteiger partial charge in [-0.05, 0) is 37.3 Å². The van der Waals surface area contributed by atoms with Gasteiger partial charge in [-0.25, -0.2) is 9.07 Å². The Labute approximate surface area is 126 Å². The van der Waals surface area contributed by atoms with Crippen LogP contribution in [-0.2, 0) is 0 Å². The van der Waals surface area contributed by atoms with Gasteiger partial charge in [-0.15, -0.1) is 5.10 Å². The van der Waals surface area contributed by atoms with E-state index in [0.717, 1.165) is 5.69 Å². The zero-order valence-corrected chi connectivity index (χ0v) is 11.8. The molecule has 0 bridgehead atoms. The van der Waals surface area contributed by atoms with Gasteiger partial charge < -0.3 is 5.32 Å². The van der Waals surface area contributed by atoms with E-state index in [0.29, 0.717) is 11.4 Å². The van der Waals surface area contributed by atoms with Gasteiger partial charge in [0.1, 0.15) is 5.82 Å². The van der Waals surface area contributed by atoms with Crippen molar-refractivity contribution in [2.75, 3.05) is 5.32 Å². The highest BCUT2D eigenvalue weighted by Crippen LogP contribution is 2.14. The largest absolute Gasteiger partial charge is 0.320 e. The van der Waals surface area contributed by atoms with Gasteiger partial charge in [0.25, 0.3) is 5.91 Å². The molecule has 0 spiro atoms. The molecule has 2 aromatic carbocycles. The second-order valence-corrected chi connectivity index (χ2v) is 4.74. The van der Waals surface area contributed by atoms with Gasteiger partial charge >= 0.3 is 0 Å². The summed E-state index contributed by atoms with van der Waals surface area (Å²) in [7, 11) is 0. The molecule has 0 aliphatic carbocycles. The molecular formula is C16H13FN4O. The van der Waals surface area contributed by atoms with Gasteiger partial charge in [0.15, 0.2) is 5.69 Å². The molecule has 1 amide bonds. The lowest BCUT2D eigenvalue weighted by atomic mass is 10.2. The lowest BCUT2D eigenvalue weighted by molar-refractivity contribution is 0.102. The highest BCUT2D eigenvalue weighted by Gasteiger charge is 2.17. The Hall–Kier alpha value is -3.02. The average Bonchev–Trinajstić information content (AvgIpc) is 2.90. The molecule has 0 atom stereocenters. The number of hydrogen-bond donors (Lipinski definition) is 1. The zero-order valence-electron chi connectivity index (χ0n) is 11.8. The second-order valence-electron chi connectivity index (χ2n) is 4.74. The molecule has 1 heterocycles. The van der Waals surface area contributed by atoms with Crippen LogP contribution < -0.4 is 5.32 Å². The van der Waals surface area contributed by atoms with Crippen molar-refractivity contribution < 1.29 is 9.18 Å². The van der Waals surface area contributed by atoms with Crippen LogP contribution in [0.15, 0.2) is 54.6 Å². The molecule has 110 valence electrons. The Morgan fingerprint density at radius 1 is 1.14 bits per heavy atom. The van der Waals surface area contributed by atoms with E-state index in [1.165, 1.54) is 18.2 Å². The van der Waals surface area contributed by atoms with Gasteiger partial charge in [0.2, 0.25) is 0 Å². The number of carbonyl (C=O) groups excluding carboxylic acids is 1. The monoisotopic (exact) mass is 296 g/mol. The summed E-state index contributed by atoms with van der Waals surface area (Å²) in [5.41, 5.74) is 2.00. The summed E-state index contributed by atoms with van der Waals surface area (Å²) < 4.78 is 14.7. The Morgan fingerprint density at radius 2 is 1.91 bits per heavy atom. The molecule has 6 heteroatoms. The second kappa shape index (κ2) is 5.77. The van der Waals surface area contributed by atoms with Crippen LogP contribution in [0.3, 0.4) is 0 Å². The molecule has 0 radical (unpaired) electrons. The number of aromatic nitrogens is 3. The maximum Gasteiger partial charge on any atom is 0.278 e. The topological polar surface area (TPSA) is 59.8 Å². The third-order valence-electron chi connectivity index (χ3n) is 3.19. The number of nitrogens with zero attached hydrogens (tertiary/aromatic N) is 3. The number of benzene rings is 2. The van der Waals surface area contributed by atoms with Crippen molar-refractivity contribution in [2.24, 2.45) is 0 Å². The van der Waals surface area contributed by atoms with E-state index in [-0.39, 0.29) is 5.69 Å². The number of hydrogen-bond acceptors (Lipinski definition) is 3. The highest BCUT2D eigenvalue weighted by atomic mass is 19.1. The summed E-state index contributed by atoms with van der Waals surface area (Å²) in [5, 5.41) is 10.5. The Balaban J connectivity index is 1.87. The molecule has 0 aliphatic heterocycles. The molecule has 1 N–H and O–H groups in total. The Kier molecular flexibility index (Phi) is 3.65. The van der Waals surface area contributed by atoms with E-state index < -0.39 is 11.7 Å². The standard InChI is InChI=1S/C16H13FN4O/c1-11-15(16(22)18-13-7-5-6-12(17)10-13)19-20-21(11)14-8-3-2-4-9-14/h2-10H,1H3,(H,18,22). The summed E-state index contributed by atoms with van der Waals surface area (Å²) in [6, 6.07) is 15.1. The Bertz CT molecular complexity index is 814. The summed E-state index contributed by atoms with van der Waals surface area (Å²) in [4.78, 5) is 12.2. The van der Waals surface area contributed by atoms with Crippen molar-refractivity contribution in [1.82, 2.24) is 15.0 Å².